The number of morpholine rings is 1. The first-order valence-corrected chi connectivity index (χ1v) is 15.4. The summed E-state index contributed by atoms with van der Waals surface area (Å²) >= 11 is 0. The van der Waals surface area contributed by atoms with Crippen LogP contribution in [0.2, 0.25) is 0 Å². The van der Waals surface area contributed by atoms with Gasteiger partial charge in [0.05, 0.1) is 31.8 Å². The number of fused-ring (bicyclic) bond motifs is 2. The third-order valence-electron chi connectivity index (χ3n) is 8.98. The Bertz CT molecular complexity index is 1630. The van der Waals surface area contributed by atoms with Gasteiger partial charge in [0.25, 0.3) is 0 Å². The SMILES string of the molecule is CCc1cccc2cc(O)cc(-c3ncc4c(N5CCCOCC5)nc(OCC5(CN6CCOCC6)CC5)nc4c3F)c12. The molecule has 2 saturated heterocycles. The van der Waals surface area contributed by atoms with Crippen LogP contribution in [0.15, 0.2) is 36.5 Å². The van der Waals surface area contributed by atoms with Crippen molar-refractivity contribution in [3.8, 4) is 23.0 Å². The fourth-order valence-electron chi connectivity index (χ4n) is 6.42. The monoisotopic (exact) mass is 587 g/mol. The Hall–Kier alpha value is -3.60. The Labute approximate surface area is 250 Å². The van der Waals surface area contributed by atoms with E-state index >= 15 is 4.39 Å². The number of nitrogens with zero attached hydrogens (tertiary/aromatic N) is 5. The first-order chi connectivity index (χ1) is 21.0. The van der Waals surface area contributed by atoms with Gasteiger partial charge in [-0.25, -0.2) is 4.39 Å². The molecule has 1 saturated carbocycles. The first-order valence-electron chi connectivity index (χ1n) is 15.4. The summed E-state index contributed by atoms with van der Waals surface area (Å²) < 4.78 is 34.2. The highest BCUT2D eigenvalue weighted by Crippen LogP contribution is 2.47. The largest absolute Gasteiger partial charge is 0.508 e. The molecule has 0 amide bonds. The lowest BCUT2D eigenvalue weighted by atomic mass is 9.95. The Morgan fingerprint density at radius 3 is 2.65 bits per heavy atom. The molecule has 10 heteroatoms. The zero-order valence-corrected chi connectivity index (χ0v) is 24.6. The van der Waals surface area contributed by atoms with Crippen molar-refractivity contribution < 1.29 is 23.7 Å². The zero-order valence-electron chi connectivity index (χ0n) is 24.6. The summed E-state index contributed by atoms with van der Waals surface area (Å²) in [5.41, 5.74) is 1.97. The van der Waals surface area contributed by atoms with E-state index in [1.165, 1.54) is 0 Å². The van der Waals surface area contributed by atoms with Gasteiger partial charge in [0.15, 0.2) is 5.82 Å². The molecule has 43 heavy (non-hydrogen) atoms. The third kappa shape index (κ3) is 5.71. The van der Waals surface area contributed by atoms with Gasteiger partial charge in [0.1, 0.15) is 22.8 Å². The Morgan fingerprint density at radius 2 is 1.84 bits per heavy atom. The van der Waals surface area contributed by atoms with Crippen LogP contribution in [0.3, 0.4) is 0 Å². The van der Waals surface area contributed by atoms with E-state index in [2.05, 4.69) is 26.7 Å². The quantitative estimate of drug-likeness (QED) is 0.307. The number of aromatic nitrogens is 3. The molecular weight excluding hydrogens is 549 g/mol. The minimum absolute atomic E-state index is 0.0593. The van der Waals surface area contributed by atoms with Gasteiger partial charge in [-0.2, -0.15) is 9.97 Å². The van der Waals surface area contributed by atoms with Crippen LogP contribution in [0.5, 0.6) is 11.8 Å². The third-order valence-corrected chi connectivity index (χ3v) is 8.98. The summed E-state index contributed by atoms with van der Waals surface area (Å²) in [4.78, 5) is 18.7. The molecule has 2 aromatic carbocycles. The van der Waals surface area contributed by atoms with Gasteiger partial charge in [-0.05, 0) is 54.2 Å². The van der Waals surface area contributed by atoms with Crippen molar-refractivity contribution in [3.05, 3.63) is 47.9 Å². The topological polar surface area (TPSA) is 93.1 Å². The molecule has 2 aromatic heterocycles. The van der Waals surface area contributed by atoms with Gasteiger partial charge in [-0.15, -0.1) is 0 Å². The maximum atomic E-state index is 16.7. The minimum atomic E-state index is -0.552. The van der Waals surface area contributed by atoms with Gasteiger partial charge >= 0.3 is 6.01 Å². The van der Waals surface area contributed by atoms with Crippen LogP contribution < -0.4 is 9.64 Å². The van der Waals surface area contributed by atoms with E-state index < -0.39 is 5.82 Å². The minimum Gasteiger partial charge on any atom is -0.508 e. The number of phenols is 1. The van der Waals surface area contributed by atoms with E-state index in [0.717, 1.165) is 81.4 Å². The van der Waals surface area contributed by atoms with Crippen LogP contribution in [-0.2, 0) is 15.9 Å². The Kier molecular flexibility index (Phi) is 7.75. The van der Waals surface area contributed by atoms with E-state index in [-0.39, 0.29) is 28.4 Å². The maximum absolute atomic E-state index is 16.7. The van der Waals surface area contributed by atoms with E-state index in [9.17, 15) is 5.11 Å². The molecule has 0 unspecified atom stereocenters. The fourth-order valence-corrected chi connectivity index (χ4v) is 6.42. The number of ether oxygens (including phenoxy) is 3. The van der Waals surface area contributed by atoms with Crippen molar-refractivity contribution >= 4 is 27.5 Å². The van der Waals surface area contributed by atoms with Crippen LogP contribution in [0, 0.1) is 11.2 Å². The molecule has 2 aliphatic heterocycles. The molecule has 1 N–H and O–H groups in total. The van der Waals surface area contributed by atoms with Gasteiger partial charge in [0, 0.05) is 56.5 Å². The number of hydrogen-bond acceptors (Lipinski definition) is 9. The Balaban J connectivity index is 1.30. The van der Waals surface area contributed by atoms with Crippen LogP contribution in [0.4, 0.5) is 10.2 Å². The van der Waals surface area contributed by atoms with Gasteiger partial charge in [-0.3, -0.25) is 9.88 Å². The average Bonchev–Trinajstić information content (AvgIpc) is 3.84. The predicted octanol–water partition coefficient (Wildman–Crippen LogP) is 4.97. The molecule has 1 aliphatic carbocycles. The smallest absolute Gasteiger partial charge is 0.319 e. The molecule has 0 atom stereocenters. The van der Waals surface area contributed by atoms with E-state index in [1.54, 1.807) is 18.3 Å². The van der Waals surface area contributed by atoms with Crippen LogP contribution in [0.1, 0.15) is 31.7 Å². The lowest BCUT2D eigenvalue weighted by Gasteiger charge is -2.30. The van der Waals surface area contributed by atoms with Gasteiger partial charge in [-0.1, -0.05) is 25.1 Å². The molecule has 4 aromatic rings. The highest BCUT2D eigenvalue weighted by Gasteiger charge is 2.45. The number of phenolic OH excluding ortho intramolecular Hbond substituents is 1. The summed E-state index contributed by atoms with van der Waals surface area (Å²) in [5, 5.41) is 12.8. The number of halogens is 1. The maximum Gasteiger partial charge on any atom is 0.319 e. The molecule has 0 spiro atoms. The zero-order chi connectivity index (χ0) is 29.4. The van der Waals surface area contributed by atoms with Crippen molar-refractivity contribution in [1.29, 1.82) is 0 Å². The molecule has 9 nitrogen and oxygen atoms in total. The van der Waals surface area contributed by atoms with Crippen molar-refractivity contribution in [3.63, 3.8) is 0 Å². The number of aryl methyl sites for hydroxylation is 1. The number of benzene rings is 2. The normalized spacial score (nSPS) is 19.1. The van der Waals surface area contributed by atoms with Crippen molar-refractivity contribution in [2.24, 2.45) is 5.41 Å². The lowest BCUT2D eigenvalue weighted by molar-refractivity contribution is 0.0231. The second-order valence-electron chi connectivity index (χ2n) is 12.0. The number of aromatic hydroxyl groups is 1. The first kappa shape index (κ1) is 28.2. The lowest BCUT2D eigenvalue weighted by Crippen LogP contribution is -2.41. The molecule has 3 fully saturated rings. The second-order valence-corrected chi connectivity index (χ2v) is 12.0. The summed E-state index contributed by atoms with van der Waals surface area (Å²) in [6.45, 7) is 9.48. The molecular formula is C33H38FN5O4. The van der Waals surface area contributed by atoms with Gasteiger partial charge < -0.3 is 24.2 Å². The molecule has 7 rings (SSSR count). The van der Waals surface area contributed by atoms with Gasteiger partial charge in [0.2, 0.25) is 0 Å². The number of hydrogen-bond donors (Lipinski definition) is 1. The standard InChI is InChI=1S/C33H38FN5O4/c1-2-22-5-3-6-23-17-24(40)18-25(27(22)23)29-28(34)30-26(19-35-29)31(39-9-4-13-41-16-12-39)37-32(36-30)43-21-33(7-8-33)20-38-10-14-42-15-11-38/h3,5-6,17-19,40H,2,4,7-16,20-21H2,1H3. The Morgan fingerprint density at radius 1 is 1.02 bits per heavy atom. The number of rotatable bonds is 8. The molecule has 0 bridgehead atoms. The average molecular weight is 588 g/mol. The molecule has 226 valence electrons. The number of pyridine rings is 1. The van der Waals surface area contributed by atoms with Crippen LogP contribution >= 0.6 is 0 Å². The van der Waals surface area contributed by atoms with E-state index in [4.69, 9.17) is 19.2 Å². The molecule has 3 aliphatic rings. The second kappa shape index (κ2) is 11.8. The highest BCUT2D eigenvalue weighted by molar-refractivity contribution is 6.01. The van der Waals surface area contributed by atoms with Crippen LogP contribution in [0.25, 0.3) is 32.9 Å². The summed E-state index contributed by atoms with van der Waals surface area (Å²) in [6.07, 6.45) is 5.43. The van der Waals surface area contributed by atoms with E-state index in [0.29, 0.717) is 43.1 Å². The highest BCUT2D eigenvalue weighted by atomic mass is 19.1. The van der Waals surface area contributed by atoms with Crippen molar-refractivity contribution in [2.45, 2.75) is 32.6 Å². The molecule has 0 radical (unpaired) electrons. The van der Waals surface area contributed by atoms with Crippen LogP contribution in [-0.4, -0.2) is 90.7 Å². The summed E-state index contributed by atoms with van der Waals surface area (Å²) in [6, 6.07) is 9.37. The van der Waals surface area contributed by atoms with E-state index in [1.807, 2.05) is 18.2 Å². The number of anilines is 1. The molecule has 4 heterocycles. The van der Waals surface area contributed by atoms with Crippen molar-refractivity contribution in [1.82, 2.24) is 19.9 Å². The summed E-state index contributed by atoms with van der Waals surface area (Å²) in [5.74, 6) is 0.116. The van der Waals surface area contributed by atoms with Crippen molar-refractivity contribution in [2.75, 3.05) is 70.7 Å². The summed E-state index contributed by atoms with van der Waals surface area (Å²) in [7, 11) is 0. The predicted molar refractivity (Wildman–Crippen MR) is 163 cm³/mol. The fraction of sp³-hybridized carbons (Fsp3) is 0.485.